The van der Waals surface area contributed by atoms with Gasteiger partial charge in [-0.3, -0.25) is 0 Å². The Morgan fingerprint density at radius 1 is 0.725 bits per heavy atom. The first-order chi connectivity index (χ1) is 17.0. The van der Waals surface area contributed by atoms with Gasteiger partial charge in [0.05, 0.1) is 0 Å². The van der Waals surface area contributed by atoms with Crippen molar-refractivity contribution in [2.24, 2.45) is 22.7 Å². The second kappa shape index (κ2) is 11.5. The van der Waals surface area contributed by atoms with Crippen LogP contribution in [-0.2, 0) is 37.0 Å². The Hall–Kier alpha value is -0.617. The summed E-state index contributed by atoms with van der Waals surface area (Å²) >= 11 is 0. The summed E-state index contributed by atoms with van der Waals surface area (Å²) in [6.45, 7) is 28.8. The molecule has 0 bridgehead atoms. The van der Waals surface area contributed by atoms with Gasteiger partial charge >= 0.3 is 26.2 Å². The van der Waals surface area contributed by atoms with E-state index in [0.717, 1.165) is 0 Å². The van der Waals surface area contributed by atoms with Crippen LogP contribution in [0.1, 0.15) is 124 Å². The number of halogens is 2. The summed E-state index contributed by atoms with van der Waals surface area (Å²) in [6.07, 6.45) is 5.09. The van der Waals surface area contributed by atoms with Crippen molar-refractivity contribution in [3.63, 3.8) is 0 Å². The molecular weight excluding hydrogens is 607 g/mol. The van der Waals surface area contributed by atoms with Gasteiger partial charge < -0.3 is 24.8 Å². The third-order valence-corrected chi connectivity index (χ3v) is 10.0. The molecule has 2 atom stereocenters. The predicted octanol–water partition coefficient (Wildman–Crippen LogP) is 4.75. The van der Waals surface area contributed by atoms with Gasteiger partial charge in [-0.05, 0) is 79.9 Å². The maximum absolute atomic E-state index is 2.66. The van der Waals surface area contributed by atoms with Gasteiger partial charge in [0.25, 0.3) is 0 Å². The maximum Gasteiger partial charge on any atom is 2.00 e. The van der Waals surface area contributed by atoms with Crippen LogP contribution in [-0.4, -0.2) is 0 Å². The molecule has 0 amide bonds. The van der Waals surface area contributed by atoms with E-state index in [4.69, 9.17) is 0 Å². The van der Waals surface area contributed by atoms with Crippen LogP contribution in [0.4, 0.5) is 0 Å². The number of benzene rings is 2. The van der Waals surface area contributed by atoms with E-state index in [-0.39, 0.29) is 72.7 Å². The number of rotatable bonds is 2. The van der Waals surface area contributed by atoms with E-state index >= 15 is 0 Å². The van der Waals surface area contributed by atoms with Gasteiger partial charge in [0.15, 0.2) is 0 Å². The van der Waals surface area contributed by atoms with Crippen molar-refractivity contribution < 1.29 is 51.0 Å². The molecule has 5 rings (SSSR count). The van der Waals surface area contributed by atoms with Gasteiger partial charge in [-0.2, -0.15) is 0 Å². The molecule has 3 heteroatoms. The summed E-state index contributed by atoms with van der Waals surface area (Å²) in [5, 5.41) is 0. The first-order valence-corrected chi connectivity index (χ1v) is 14.7. The van der Waals surface area contributed by atoms with Crippen molar-refractivity contribution >= 4 is 0 Å². The minimum absolute atomic E-state index is 0. The molecule has 2 aromatic rings. The molecule has 0 spiro atoms. The Morgan fingerprint density at radius 3 is 1.55 bits per heavy atom. The van der Waals surface area contributed by atoms with Gasteiger partial charge in [0.1, 0.15) is 0 Å². The number of fused-ring (bicyclic) bond motifs is 3. The first kappa shape index (κ1) is 35.6. The summed E-state index contributed by atoms with van der Waals surface area (Å²) in [4.78, 5) is 0. The predicted molar refractivity (Wildman–Crippen MR) is 161 cm³/mol. The van der Waals surface area contributed by atoms with Crippen LogP contribution in [0.15, 0.2) is 59.2 Å². The van der Waals surface area contributed by atoms with Crippen LogP contribution in [0.5, 0.6) is 0 Å². The normalized spacial score (nSPS) is 22.2. The van der Waals surface area contributed by atoms with E-state index in [2.05, 4.69) is 126 Å². The van der Waals surface area contributed by atoms with E-state index in [1.165, 1.54) is 35.1 Å². The van der Waals surface area contributed by atoms with Crippen molar-refractivity contribution in [2.75, 3.05) is 0 Å². The van der Waals surface area contributed by atoms with Crippen molar-refractivity contribution in [2.45, 2.75) is 113 Å². The Bertz CT molecular complexity index is 1260. The fourth-order valence-corrected chi connectivity index (χ4v) is 7.62. The summed E-state index contributed by atoms with van der Waals surface area (Å²) in [7, 11) is 0. The molecule has 0 N–H and O–H groups in total. The molecule has 0 aliphatic heterocycles. The number of hydrogen-bond acceptors (Lipinski definition) is 0. The monoisotopic (exact) mass is 654 g/mol. The molecular formula is C37H50Cl2Zr. The minimum atomic E-state index is 0. The van der Waals surface area contributed by atoms with E-state index in [1.807, 2.05) is 0 Å². The molecule has 216 valence electrons. The van der Waals surface area contributed by atoms with Crippen molar-refractivity contribution in [3.8, 4) is 11.1 Å². The summed E-state index contributed by atoms with van der Waals surface area (Å²) in [5.74, 6) is 1.59. The zero-order chi connectivity index (χ0) is 27.3. The van der Waals surface area contributed by atoms with Crippen LogP contribution >= 0.6 is 0 Å². The second-order valence-corrected chi connectivity index (χ2v) is 15.9. The molecule has 0 heterocycles. The van der Waals surface area contributed by atoms with Gasteiger partial charge in [-0.15, -0.1) is 0 Å². The first-order valence-electron chi connectivity index (χ1n) is 14.7. The number of allylic oxidation sites excluding steroid dienone is 4. The number of hydrogen-bond donors (Lipinski definition) is 0. The van der Waals surface area contributed by atoms with Crippen LogP contribution in [0.25, 0.3) is 11.1 Å². The fourth-order valence-electron chi connectivity index (χ4n) is 7.62. The van der Waals surface area contributed by atoms with Crippen LogP contribution in [0.3, 0.4) is 0 Å². The van der Waals surface area contributed by atoms with Gasteiger partial charge in [0.2, 0.25) is 0 Å². The molecule has 3 aliphatic carbocycles. The van der Waals surface area contributed by atoms with Crippen LogP contribution in [0, 0.1) is 22.7 Å². The molecule has 40 heavy (non-hydrogen) atoms. The fraction of sp³-hybridized carbons (Fsp3) is 0.568. The van der Waals surface area contributed by atoms with Crippen LogP contribution in [0.2, 0.25) is 0 Å². The molecule has 0 fully saturated rings. The van der Waals surface area contributed by atoms with Crippen molar-refractivity contribution in [1.82, 2.24) is 0 Å². The topological polar surface area (TPSA) is 0 Å². The van der Waals surface area contributed by atoms with E-state index in [9.17, 15) is 0 Å². The molecule has 0 radical (unpaired) electrons. The third kappa shape index (κ3) is 5.56. The summed E-state index contributed by atoms with van der Waals surface area (Å²) < 4.78 is 0. The van der Waals surface area contributed by atoms with Gasteiger partial charge in [0, 0.05) is 11.3 Å². The standard InChI is InChI=1S/C37H50.2ClH.Zr/c1-22(2)37(21-23(3)29-19-26(20-32(29)37)36(10,11)12)33-30-17-24(34(4,5)6)13-15-27(30)28-16-14-25(18-31(28)33)35(7,8)9;;;/h13-18,20,22-23,33H,19,21H2,1-12H3;2*1H;/q;;;+2/p-2. The van der Waals surface area contributed by atoms with Crippen LogP contribution < -0.4 is 24.8 Å². The average Bonchev–Trinajstić information content (AvgIpc) is 3.42. The molecule has 0 saturated heterocycles. The Kier molecular flexibility index (Phi) is 10.2. The summed E-state index contributed by atoms with van der Waals surface area (Å²) in [6, 6.07) is 14.8. The maximum atomic E-state index is 2.66. The molecule has 0 aromatic heterocycles. The molecule has 0 nitrogen and oxygen atoms in total. The molecule has 2 aromatic carbocycles. The minimum Gasteiger partial charge on any atom is -1.00 e. The van der Waals surface area contributed by atoms with Gasteiger partial charge in [-0.25, -0.2) is 0 Å². The average molecular weight is 657 g/mol. The quantitative estimate of drug-likeness (QED) is 0.438. The molecule has 3 aliphatic rings. The zero-order valence-corrected chi connectivity index (χ0v) is 30.9. The van der Waals surface area contributed by atoms with E-state index < -0.39 is 0 Å². The third-order valence-electron chi connectivity index (χ3n) is 10.0. The van der Waals surface area contributed by atoms with E-state index in [0.29, 0.717) is 17.8 Å². The SMILES string of the molecule is CC1CC(C(C)C)(C2c3cc(C(C)(C)C)ccc3-c3ccc(C(C)(C)C)cc32)C2=C1CC(C(C)(C)C)=C2.[Cl-].[Cl-].[Zr+2]. The zero-order valence-electron chi connectivity index (χ0n) is 26.9. The smallest absolute Gasteiger partial charge is 1.00 e. The Morgan fingerprint density at radius 2 is 1.18 bits per heavy atom. The van der Waals surface area contributed by atoms with Crippen molar-refractivity contribution in [3.05, 3.63) is 81.4 Å². The largest absolute Gasteiger partial charge is 2.00 e. The Labute approximate surface area is 277 Å². The van der Waals surface area contributed by atoms with Crippen molar-refractivity contribution in [1.29, 1.82) is 0 Å². The second-order valence-electron chi connectivity index (χ2n) is 15.9. The Balaban J connectivity index is 0.00000187. The molecule has 0 saturated carbocycles. The van der Waals surface area contributed by atoms with E-state index in [1.54, 1.807) is 27.8 Å². The van der Waals surface area contributed by atoms with Gasteiger partial charge in [-0.1, -0.05) is 137 Å². The molecule has 2 unspecified atom stereocenters. The summed E-state index contributed by atoms with van der Waals surface area (Å²) in [5.41, 5.74) is 14.6.